The molecule has 2 aliphatic rings. The van der Waals surface area contributed by atoms with Crippen LogP contribution in [0.5, 0.6) is 5.75 Å². The van der Waals surface area contributed by atoms with E-state index < -0.39 is 0 Å². The fraction of sp³-hybridized carbons (Fsp3) is 0.588. The number of halogens is 1. The second-order valence-corrected chi connectivity index (χ2v) is 6.37. The van der Waals surface area contributed by atoms with Gasteiger partial charge in [-0.2, -0.15) is 0 Å². The SMILES string of the molecule is N[C@@H]1CC[C@@H](C(=O)N2CCC(Oc3ccc(F)cc3)CC2)C1. The van der Waals surface area contributed by atoms with Crippen molar-refractivity contribution in [3.05, 3.63) is 30.1 Å². The Balaban J connectivity index is 1.48. The number of nitrogens with two attached hydrogens (primary N) is 1. The van der Waals surface area contributed by atoms with E-state index in [4.69, 9.17) is 10.5 Å². The van der Waals surface area contributed by atoms with Crippen LogP contribution in [0.2, 0.25) is 0 Å². The van der Waals surface area contributed by atoms with Gasteiger partial charge in [0.25, 0.3) is 0 Å². The molecule has 22 heavy (non-hydrogen) atoms. The second-order valence-electron chi connectivity index (χ2n) is 6.37. The highest BCUT2D eigenvalue weighted by molar-refractivity contribution is 5.79. The number of hydrogen-bond donors (Lipinski definition) is 1. The maximum absolute atomic E-state index is 12.9. The summed E-state index contributed by atoms with van der Waals surface area (Å²) in [5.74, 6) is 0.799. The number of carbonyl (C=O) groups excluding carboxylic acids is 1. The average Bonchev–Trinajstić information content (AvgIpc) is 2.96. The van der Waals surface area contributed by atoms with Crippen LogP contribution >= 0.6 is 0 Å². The van der Waals surface area contributed by atoms with Crippen molar-refractivity contribution in [1.29, 1.82) is 0 Å². The van der Waals surface area contributed by atoms with Crippen LogP contribution in [-0.2, 0) is 4.79 Å². The topological polar surface area (TPSA) is 55.6 Å². The lowest BCUT2D eigenvalue weighted by Crippen LogP contribution is -2.44. The van der Waals surface area contributed by atoms with E-state index in [1.165, 1.54) is 12.1 Å². The first-order valence-electron chi connectivity index (χ1n) is 8.08. The molecule has 1 aromatic rings. The third kappa shape index (κ3) is 3.58. The fourth-order valence-electron chi connectivity index (χ4n) is 3.40. The van der Waals surface area contributed by atoms with Crippen LogP contribution in [-0.4, -0.2) is 36.0 Å². The Hall–Kier alpha value is -1.62. The molecule has 1 saturated heterocycles. The van der Waals surface area contributed by atoms with E-state index in [2.05, 4.69) is 0 Å². The number of benzene rings is 1. The Morgan fingerprint density at radius 2 is 1.82 bits per heavy atom. The minimum Gasteiger partial charge on any atom is -0.490 e. The van der Waals surface area contributed by atoms with E-state index in [1.54, 1.807) is 12.1 Å². The summed E-state index contributed by atoms with van der Waals surface area (Å²) in [5, 5.41) is 0. The lowest BCUT2D eigenvalue weighted by Gasteiger charge is -2.33. The number of amides is 1. The van der Waals surface area contributed by atoms with Crippen LogP contribution < -0.4 is 10.5 Å². The van der Waals surface area contributed by atoms with Gasteiger partial charge in [0.1, 0.15) is 17.7 Å². The van der Waals surface area contributed by atoms with Crippen LogP contribution in [0.1, 0.15) is 32.1 Å². The molecule has 0 aromatic heterocycles. The zero-order valence-corrected chi connectivity index (χ0v) is 12.7. The molecule has 3 rings (SSSR count). The minimum absolute atomic E-state index is 0.0975. The predicted molar refractivity (Wildman–Crippen MR) is 81.9 cm³/mol. The van der Waals surface area contributed by atoms with E-state index in [0.29, 0.717) is 5.75 Å². The van der Waals surface area contributed by atoms with Gasteiger partial charge in [0.15, 0.2) is 0 Å². The van der Waals surface area contributed by atoms with Crippen molar-refractivity contribution in [1.82, 2.24) is 4.90 Å². The molecule has 1 heterocycles. The molecule has 1 amide bonds. The maximum Gasteiger partial charge on any atom is 0.225 e. The summed E-state index contributed by atoms with van der Waals surface area (Å²) in [5.41, 5.74) is 5.89. The summed E-state index contributed by atoms with van der Waals surface area (Å²) in [7, 11) is 0. The highest BCUT2D eigenvalue weighted by atomic mass is 19.1. The number of nitrogens with zero attached hydrogens (tertiary/aromatic N) is 1. The standard InChI is InChI=1S/C17H23FN2O2/c18-13-2-5-15(6-3-13)22-16-7-9-20(10-8-16)17(21)12-1-4-14(19)11-12/h2-3,5-6,12,14,16H,1,4,7-11,19H2/t12-,14-/m1/s1. The van der Waals surface area contributed by atoms with Gasteiger partial charge in [0.2, 0.25) is 5.91 Å². The number of carbonyl (C=O) groups is 1. The van der Waals surface area contributed by atoms with Crippen molar-refractivity contribution in [2.45, 2.75) is 44.2 Å². The van der Waals surface area contributed by atoms with Gasteiger partial charge in [0, 0.05) is 37.9 Å². The van der Waals surface area contributed by atoms with Crippen LogP contribution in [0.4, 0.5) is 4.39 Å². The van der Waals surface area contributed by atoms with Crippen molar-refractivity contribution < 1.29 is 13.9 Å². The van der Waals surface area contributed by atoms with Crippen molar-refractivity contribution >= 4 is 5.91 Å². The van der Waals surface area contributed by atoms with Gasteiger partial charge in [-0.15, -0.1) is 0 Å². The quantitative estimate of drug-likeness (QED) is 0.932. The summed E-state index contributed by atoms with van der Waals surface area (Å²) in [6.07, 6.45) is 4.45. The molecule has 0 radical (unpaired) electrons. The van der Waals surface area contributed by atoms with Crippen LogP contribution in [0, 0.1) is 11.7 Å². The Morgan fingerprint density at radius 3 is 2.41 bits per heavy atom. The summed E-state index contributed by atoms with van der Waals surface area (Å²) < 4.78 is 18.7. The zero-order valence-electron chi connectivity index (χ0n) is 12.7. The van der Waals surface area contributed by atoms with E-state index in [1.807, 2.05) is 4.90 Å². The Labute approximate surface area is 130 Å². The fourth-order valence-corrected chi connectivity index (χ4v) is 3.40. The van der Waals surface area contributed by atoms with Crippen LogP contribution in [0.15, 0.2) is 24.3 Å². The monoisotopic (exact) mass is 306 g/mol. The van der Waals surface area contributed by atoms with Gasteiger partial charge in [-0.3, -0.25) is 4.79 Å². The number of rotatable bonds is 3. The van der Waals surface area contributed by atoms with Crippen molar-refractivity contribution in [3.8, 4) is 5.75 Å². The van der Waals surface area contributed by atoms with Gasteiger partial charge >= 0.3 is 0 Å². The molecule has 1 aliphatic carbocycles. The van der Waals surface area contributed by atoms with Gasteiger partial charge in [0.05, 0.1) is 0 Å². The van der Waals surface area contributed by atoms with E-state index >= 15 is 0 Å². The highest BCUT2D eigenvalue weighted by Gasteiger charge is 2.33. The highest BCUT2D eigenvalue weighted by Crippen LogP contribution is 2.28. The maximum atomic E-state index is 12.9. The molecule has 2 N–H and O–H groups in total. The summed E-state index contributed by atoms with van der Waals surface area (Å²) in [6.45, 7) is 1.47. The molecule has 0 unspecified atom stereocenters. The van der Waals surface area contributed by atoms with Crippen LogP contribution in [0.25, 0.3) is 0 Å². The first-order chi connectivity index (χ1) is 10.6. The van der Waals surface area contributed by atoms with Gasteiger partial charge in [-0.25, -0.2) is 4.39 Å². The van der Waals surface area contributed by atoms with E-state index in [0.717, 1.165) is 45.2 Å². The number of hydrogen-bond acceptors (Lipinski definition) is 3. The molecule has 1 aliphatic heterocycles. The lowest BCUT2D eigenvalue weighted by molar-refractivity contribution is -0.137. The van der Waals surface area contributed by atoms with Gasteiger partial charge in [-0.05, 0) is 43.5 Å². The minimum atomic E-state index is -0.262. The molecule has 0 bridgehead atoms. The van der Waals surface area contributed by atoms with Crippen molar-refractivity contribution in [3.63, 3.8) is 0 Å². The average molecular weight is 306 g/mol. The molecule has 4 nitrogen and oxygen atoms in total. The summed E-state index contributed by atoms with van der Waals surface area (Å²) in [4.78, 5) is 14.4. The molecule has 1 saturated carbocycles. The molecule has 2 fully saturated rings. The first-order valence-corrected chi connectivity index (χ1v) is 8.08. The molecule has 5 heteroatoms. The largest absolute Gasteiger partial charge is 0.490 e. The third-order valence-electron chi connectivity index (χ3n) is 4.69. The van der Waals surface area contributed by atoms with E-state index in [9.17, 15) is 9.18 Å². The number of likely N-dealkylation sites (tertiary alicyclic amines) is 1. The molecular formula is C17H23FN2O2. The molecule has 2 atom stereocenters. The number of piperidine rings is 1. The molecule has 0 spiro atoms. The van der Waals surface area contributed by atoms with Gasteiger partial charge < -0.3 is 15.4 Å². The first kappa shape index (κ1) is 15.3. The normalized spacial score (nSPS) is 26.2. The molecule has 120 valence electrons. The third-order valence-corrected chi connectivity index (χ3v) is 4.69. The van der Waals surface area contributed by atoms with Gasteiger partial charge in [-0.1, -0.05) is 0 Å². The van der Waals surface area contributed by atoms with Crippen LogP contribution in [0.3, 0.4) is 0 Å². The van der Waals surface area contributed by atoms with Crippen molar-refractivity contribution in [2.75, 3.05) is 13.1 Å². The summed E-state index contributed by atoms with van der Waals surface area (Å²) in [6, 6.07) is 6.28. The predicted octanol–water partition coefficient (Wildman–Crippen LogP) is 2.32. The lowest BCUT2D eigenvalue weighted by atomic mass is 10.0. The molecular weight excluding hydrogens is 283 g/mol. The second kappa shape index (κ2) is 6.65. The Morgan fingerprint density at radius 1 is 1.14 bits per heavy atom. The molecule has 1 aromatic carbocycles. The smallest absolute Gasteiger partial charge is 0.225 e. The van der Waals surface area contributed by atoms with E-state index in [-0.39, 0.29) is 29.8 Å². The Bertz CT molecular complexity index is 512. The van der Waals surface area contributed by atoms with Crippen molar-refractivity contribution in [2.24, 2.45) is 11.7 Å². The summed E-state index contributed by atoms with van der Waals surface area (Å²) >= 11 is 0. The Kier molecular flexibility index (Phi) is 4.62. The number of ether oxygens (including phenoxy) is 1. The zero-order chi connectivity index (χ0) is 15.5.